The van der Waals surface area contributed by atoms with Crippen LogP contribution in [0.5, 0.6) is 5.75 Å². The van der Waals surface area contributed by atoms with Gasteiger partial charge in [0.1, 0.15) is 23.2 Å². The highest BCUT2D eigenvalue weighted by atomic mass is 16.5. The Balaban J connectivity index is 2.12. The van der Waals surface area contributed by atoms with Gasteiger partial charge in [0.2, 0.25) is 0 Å². The molecule has 1 aliphatic rings. The molecule has 3 heterocycles. The molecule has 25 heavy (non-hydrogen) atoms. The molecule has 128 valence electrons. The quantitative estimate of drug-likeness (QED) is 0.779. The minimum Gasteiger partial charge on any atom is -0.496 e. The first kappa shape index (κ1) is 15.6. The molecule has 1 aromatic carbocycles. The maximum atomic E-state index is 9.73. The van der Waals surface area contributed by atoms with Crippen LogP contribution in [0.2, 0.25) is 0 Å². The molecule has 0 radical (unpaired) electrons. The largest absolute Gasteiger partial charge is 0.496 e. The molecule has 0 amide bonds. The predicted octanol–water partition coefficient (Wildman–Crippen LogP) is 3.24. The summed E-state index contributed by atoms with van der Waals surface area (Å²) in [4.78, 5) is 0. The van der Waals surface area contributed by atoms with Crippen molar-refractivity contribution in [1.29, 1.82) is 5.26 Å². The average Bonchev–Trinajstić information content (AvgIpc) is 3.10. The number of anilines is 1. The summed E-state index contributed by atoms with van der Waals surface area (Å²) in [5.41, 5.74) is 11.8. The predicted molar refractivity (Wildman–Crippen MR) is 97.2 cm³/mol. The number of hydrogen-bond acceptors (Lipinski definition) is 4. The standard InChI is InChI=1S/C19H21N5O/c1-11-7-8-15(25-3)12(2)17(11)24-18(21)13(10-20)16-14-6-4-5-9-23(14)22-19(16)24/h7-8H,4-6,9,21H2,1-3H3. The number of rotatable bonds is 2. The molecular formula is C19H21N5O. The fourth-order valence-corrected chi connectivity index (χ4v) is 3.96. The van der Waals surface area contributed by atoms with Crippen molar-refractivity contribution >= 4 is 16.9 Å². The molecule has 6 nitrogen and oxygen atoms in total. The van der Waals surface area contributed by atoms with Crippen LogP contribution >= 0.6 is 0 Å². The second kappa shape index (κ2) is 5.55. The molecule has 0 aliphatic carbocycles. The zero-order chi connectivity index (χ0) is 17.7. The summed E-state index contributed by atoms with van der Waals surface area (Å²) in [7, 11) is 1.66. The number of hydrogen-bond donors (Lipinski definition) is 1. The fourth-order valence-electron chi connectivity index (χ4n) is 3.96. The molecule has 0 saturated carbocycles. The highest BCUT2D eigenvalue weighted by molar-refractivity contribution is 5.94. The van der Waals surface area contributed by atoms with Gasteiger partial charge in [-0.05, 0) is 44.7 Å². The lowest BCUT2D eigenvalue weighted by Gasteiger charge is -2.16. The maximum Gasteiger partial charge on any atom is 0.169 e. The Kier molecular flexibility index (Phi) is 3.46. The molecule has 2 aromatic heterocycles. The number of ether oxygens (including phenoxy) is 1. The number of nitriles is 1. The Morgan fingerprint density at radius 1 is 1.28 bits per heavy atom. The lowest BCUT2D eigenvalue weighted by Crippen LogP contribution is -2.12. The van der Waals surface area contributed by atoms with Gasteiger partial charge < -0.3 is 10.5 Å². The van der Waals surface area contributed by atoms with Crippen LogP contribution in [0.4, 0.5) is 5.82 Å². The number of benzene rings is 1. The first-order chi connectivity index (χ1) is 12.1. The normalized spacial score (nSPS) is 13.7. The van der Waals surface area contributed by atoms with Gasteiger partial charge in [0.15, 0.2) is 5.65 Å². The minimum absolute atomic E-state index is 0.452. The van der Waals surface area contributed by atoms with E-state index in [1.54, 1.807) is 7.11 Å². The van der Waals surface area contributed by atoms with E-state index in [9.17, 15) is 5.26 Å². The molecule has 6 heteroatoms. The summed E-state index contributed by atoms with van der Waals surface area (Å²) in [5, 5.41) is 15.4. The molecular weight excluding hydrogens is 314 g/mol. The number of nitrogens with two attached hydrogens (primary N) is 1. The zero-order valence-electron chi connectivity index (χ0n) is 14.8. The first-order valence-corrected chi connectivity index (χ1v) is 8.52. The van der Waals surface area contributed by atoms with Crippen molar-refractivity contribution in [2.45, 2.75) is 39.7 Å². The van der Waals surface area contributed by atoms with Gasteiger partial charge in [-0.3, -0.25) is 9.25 Å². The number of nitrogens with zero attached hydrogens (tertiary/aromatic N) is 4. The SMILES string of the molecule is COc1ccc(C)c(-n2c(N)c(C#N)c3c4n(nc32)CCCC4)c1C. The molecule has 0 bridgehead atoms. The van der Waals surface area contributed by atoms with Crippen molar-refractivity contribution < 1.29 is 4.74 Å². The van der Waals surface area contributed by atoms with Crippen LogP contribution in [0.1, 0.15) is 35.2 Å². The Labute approximate surface area is 146 Å². The molecule has 0 saturated heterocycles. The van der Waals surface area contributed by atoms with Crippen molar-refractivity contribution in [3.8, 4) is 17.5 Å². The van der Waals surface area contributed by atoms with Gasteiger partial charge in [0.05, 0.1) is 18.2 Å². The minimum atomic E-state index is 0.452. The van der Waals surface area contributed by atoms with Crippen molar-refractivity contribution in [2.75, 3.05) is 12.8 Å². The monoisotopic (exact) mass is 335 g/mol. The van der Waals surface area contributed by atoms with E-state index in [2.05, 4.69) is 6.07 Å². The number of nitrogen functional groups attached to an aromatic ring is 1. The fraction of sp³-hybridized carbons (Fsp3) is 0.368. The average molecular weight is 335 g/mol. The van der Waals surface area contributed by atoms with Gasteiger partial charge in [-0.1, -0.05) is 6.07 Å². The van der Waals surface area contributed by atoms with Crippen molar-refractivity contribution in [3.05, 3.63) is 34.5 Å². The summed E-state index contributed by atoms with van der Waals surface area (Å²) in [5.74, 6) is 1.25. The van der Waals surface area contributed by atoms with E-state index in [0.717, 1.165) is 65.1 Å². The van der Waals surface area contributed by atoms with E-state index in [1.807, 2.05) is 35.2 Å². The topological polar surface area (TPSA) is 81.8 Å². The van der Waals surface area contributed by atoms with Crippen LogP contribution < -0.4 is 10.5 Å². The third-order valence-corrected chi connectivity index (χ3v) is 5.17. The molecule has 0 fully saturated rings. The first-order valence-electron chi connectivity index (χ1n) is 8.52. The van der Waals surface area contributed by atoms with Gasteiger partial charge in [0, 0.05) is 17.8 Å². The summed E-state index contributed by atoms with van der Waals surface area (Å²) in [6.07, 6.45) is 3.17. The molecule has 0 spiro atoms. The second-order valence-corrected chi connectivity index (χ2v) is 6.59. The number of aryl methyl sites for hydroxylation is 3. The summed E-state index contributed by atoms with van der Waals surface area (Å²) in [6.45, 7) is 4.94. The molecule has 4 rings (SSSR count). The lowest BCUT2D eigenvalue weighted by molar-refractivity contribution is 0.411. The van der Waals surface area contributed by atoms with Gasteiger partial charge in [-0.25, -0.2) is 0 Å². The number of methoxy groups -OCH3 is 1. The van der Waals surface area contributed by atoms with E-state index in [1.165, 1.54) is 0 Å². The Bertz CT molecular complexity index is 1030. The number of fused-ring (bicyclic) bond motifs is 3. The van der Waals surface area contributed by atoms with E-state index >= 15 is 0 Å². The smallest absolute Gasteiger partial charge is 0.169 e. The molecule has 1 aliphatic heterocycles. The van der Waals surface area contributed by atoms with Crippen LogP contribution in [0, 0.1) is 25.2 Å². The van der Waals surface area contributed by atoms with Gasteiger partial charge in [-0.2, -0.15) is 10.4 Å². The van der Waals surface area contributed by atoms with Gasteiger partial charge >= 0.3 is 0 Å². The molecule has 0 atom stereocenters. The summed E-state index contributed by atoms with van der Waals surface area (Å²) >= 11 is 0. The third kappa shape index (κ3) is 2.05. The van der Waals surface area contributed by atoms with Crippen molar-refractivity contribution in [3.63, 3.8) is 0 Å². The van der Waals surface area contributed by atoms with E-state index in [-0.39, 0.29) is 0 Å². The number of aromatic nitrogens is 3. The van der Waals surface area contributed by atoms with Crippen molar-refractivity contribution in [1.82, 2.24) is 14.3 Å². The maximum absolute atomic E-state index is 9.73. The Morgan fingerprint density at radius 2 is 2.08 bits per heavy atom. The summed E-state index contributed by atoms with van der Waals surface area (Å²) < 4.78 is 9.44. The van der Waals surface area contributed by atoms with Crippen LogP contribution in [0.15, 0.2) is 12.1 Å². The van der Waals surface area contributed by atoms with Crippen LogP contribution in [-0.4, -0.2) is 21.5 Å². The Morgan fingerprint density at radius 3 is 2.80 bits per heavy atom. The highest BCUT2D eigenvalue weighted by Crippen LogP contribution is 2.38. The van der Waals surface area contributed by atoms with E-state index in [0.29, 0.717) is 11.4 Å². The molecule has 3 aromatic rings. The summed E-state index contributed by atoms with van der Waals surface area (Å²) in [6, 6.07) is 6.26. The lowest BCUT2D eigenvalue weighted by atomic mass is 10.1. The second-order valence-electron chi connectivity index (χ2n) is 6.59. The third-order valence-electron chi connectivity index (χ3n) is 5.17. The van der Waals surface area contributed by atoms with E-state index < -0.39 is 0 Å². The van der Waals surface area contributed by atoms with Crippen LogP contribution in [0.3, 0.4) is 0 Å². The van der Waals surface area contributed by atoms with Crippen LogP contribution in [0.25, 0.3) is 16.7 Å². The van der Waals surface area contributed by atoms with Crippen LogP contribution in [-0.2, 0) is 13.0 Å². The van der Waals surface area contributed by atoms with Crippen molar-refractivity contribution in [2.24, 2.45) is 0 Å². The van der Waals surface area contributed by atoms with Gasteiger partial charge in [-0.15, -0.1) is 0 Å². The highest BCUT2D eigenvalue weighted by Gasteiger charge is 2.27. The van der Waals surface area contributed by atoms with Gasteiger partial charge in [0.25, 0.3) is 0 Å². The Hall–Kier alpha value is -2.94. The van der Waals surface area contributed by atoms with E-state index in [4.69, 9.17) is 15.6 Å². The molecule has 0 unspecified atom stereocenters. The molecule has 2 N–H and O–H groups in total. The zero-order valence-corrected chi connectivity index (χ0v) is 14.8.